The van der Waals surface area contributed by atoms with E-state index in [-0.39, 0.29) is 35.4 Å². The second kappa shape index (κ2) is 10.0. The van der Waals surface area contributed by atoms with Crippen LogP contribution in [0.5, 0.6) is 0 Å². The van der Waals surface area contributed by atoms with Gasteiger partial charge in [-0.2, -0.15) is 0 Å². The van der Waals surface area contributed by atoms with Gasteiger partial charge in [-0.1, -0.05) is 18.6 Å². The van der Waals surface area contributed by atoms with E-state index >= 15 is 0 Å². The number of unbranched alkanes of at least 4 members (excludes halogenated alkanes) is 2. The van der Waals surface area contributed by atoms with Gasteiger partial charge in [0.25, 0.3) is 17.4 Å². The number of aliphatic hydroxyl groups is 1. The lowest BCUT2D eigenvalue weighted by molar-refractivity contribution is -0.384. The van der Waals surface area contributed by atoms with Gasteiger partial charge in [0.2, 0.25) is 0 Å². The number of ketones is 1. The quantitative estimate of drug-likeness (QED) is 0.146. The van der Waals surface area contributed by atoms with Gasteiger partial charge >= 0.3 is 5.97 Å². The smallest absolute Gasteiger partial charge is 0.303 e. The van der Waals surface area contributed by atoms with Gasteiger partial charge in [0.05, 0.1) is 16.5 Å². The molecule has 3 rings (SSSR count). The molecule has 1 fully saturated rings. The van der Waals surface area contributed by atoms with Crippen molar-refractivity contribution in [2.45, 2.75) is 31.7 Å². The van der Waals surface area contributed by atoms with Gasteiger partial charge in [0.15, 0.2) is 0 Å². The highest BCUT2D eigenvalue weighted by atomic mass is 19.1. The van der Waals surface area contributed by atoms with Crippen molar-refractivity contribution in [3.05, 3.63) is 81.2 Å². The largest absolute Gasteiger partial charge is 0.507 e. The highest BCUT2D eigenvalue weighted by Crippen LogP contribution is 2.40. The van der Waals surface area contributed by atoms with E-state index in [0.717, 1.165) is 12.1 Å². The zero-order valence-corrected chi connectivity index (χ0v) is 17.4. The fourth-order valence-electron chi connectivity index (χ4n) is 3.76. The Morgan fingerprint density at radius 3 is 2.39 bits per heavy atom. The molecule has 1 heterocycles. The van der Waals surface area contributed by atoms with Gasteiger partial charge in [0, 0.05) is 30.7 Å². The van der Waals surface area contributed by atoms with Crippen LogP contribution < -0.4 is 0 Å². The molecule has 0 aliphatic carbocycles. The van der Waals surface area contributed by atoms with Crippen LogP contribution in [0.3, 0.4) is 0 Å². The summed E-state index contributed by atoms with van der Waals surface area (Å²) in [6, 6.07) is 9.04. The maximum absolute atomic E-state index is 13.3. The van der Waals surface area contributed by atoms with Gasteiger partial charge in [-0.15, -0.1) is 0 Å². The molecule has 1 atom stereocenters. The summed E-state index contributed by atoms with van der Waals surface area (Å²) in [5.74, 6) is -3.85. The maximum Gasteiger partial charge on any atom is 0.303 e. The van der Waals surface area contributed by atoms with Crippen LogP contribution in [0.15, 0.2) is 54.1 Å². The van der Waals surface area contributed by atoms with Crippen LogP contribution >= 0.6 is 0 Å². The third-order valence-electron chi connectivity index (χ3n) is 5.34. The standard InChI is InChI=1S/C23H21FN2O7/c24-16-10-8-14(9-11-16)21(29)19-20(15-5-4-6-17(13-15)26(32)33)25(23(31)22(19)30)12-3-1-2-7-18(27)28/h4-6,8-11,13,20,29H,1-3,7,12H2,(H,27,28). The number of likely N-dealkylation sites (tertiary alicyclic amines) is 1. The number of carboxylic acids is 1. The summed E-state index contributed by atoms with van der Waals surface area (Å²) in [6.07, 6.45) is 1.23. The Bertz CT molecular complexity index is 1130. The number of nitro groups is 1. The number of carboxylic acid groups (broad SMARTS) is 1. The molecule has 0 bridgehead atoms. The number of halogens is 1. The number of nitro benzene ring substituents is 1. The molecule has 172 valence electrons. The zero-order valence-electron chi connectivity index (χ0n) is 17.4. The first-order valence-corrected chi connectivity index (χ1v) is 10.2. The first kappa shape index (κ1) is 23.6. The van der Waals surface area contributed by atoms with Gasteiger partial charge in [-0.3, -0.25) is 24.5 Å². The third-order valence-corrected chi connectivity index (χ3v) is 5.34. The van der Waals surface area contributed by atoms with Crippen molar-refractivity contribution in [3.8, 4) is 0 Å². The molecule has 2 N–H and O–H groups in total. The van der Waals surface area contributed by atoms with Crippen molar-refractivity contribution in [2.24, 2.45) is 0 Å². The number of aliphatic carboxylic acids is 1. The van der Waals surface area contributed by atoms with Crippen LogP contribution in [-0.2, 0) is 14.4 Å². The number of non-ortho nitro benzene ring substituents is 1. The van der Waals surface area contributed by atoms with Crippen LogP contribution in [0.25, 0.3) is 5.76 Å². The summed E-state index contributed by atoms with van der Waals surface area (Å²) in [5, 5.41) is 30.9. The molecule has 1 aliphatic heterocycles. The van der Waals surface area contributed by atoms with Gasteiger partial charge in [-0.25, -0.2) is 4.39 Å². The summed E-state index contributed by atoms with van der Waals surface area (Å²) in [5.41, 5.74) is -0.122. The number of Topliss-reactive ketones (excluding diaryl/α,β-unsaturated/α-hetero) is 1. The predicted molar refractivity (Wildman–Crippen MR) is 115 cm³/mol. The maximum atomic E-state index is 13.3. The van der Waals surface area contributed by atoms with Crippen LogP contribution in [0.4, 0.5) is 10.1 Å². The molecule has 33 heavy (non-hydrogen) atoms. The fraction of sp³-hybridized carbons (Fsp3) is 0.261. The zero-order chi connectivity index (χ0) is 24.1. The number of carbonyl (C=O) groups excluding carboxylic acids is 2. The Morgan fingerprint density at radius 1 is 1.06 bits per heavy atom. The molecular formula is C23H21FN2O7. The number of carbonyl (C=O) groups is 3. The van der Waals surface area contributed by atoms with Crippen molar-refractivity contribution in [1.29, 1.82) is 0 Å². The Labute approximate surface area is 187 Å². The number of benzene rings is 2. The summed E-state index contributed by atoms with van der Waals surface area (Å²) in [6.45, 7) is 0.0811. The number of aliphatic hydroxyl groups excluding tert-OH is 1. The van der Waals surface area contributed by atoms with E-state index in [9.17, 15) is 34.0 Å². The van der Waals surface area contributed by atoms with Gasteiger partial charge in [0.1, 0.15) is 11.6 Å². The van der Waals surface area contributed by atoms with Crippen LogP contribution in [-0.4, -0.2) is 44.2 Å². The van der Waals surface area contributed by atoms with Gasteiger partial charge in [-0.05, 0) is 42.7 Å². The Kier molecular flexibility index (Phi) is 7.17. The van der Waals surface area contributed by atoms with E-state index in [1.54, 1.807) is 0 Å². The Morgan fingerprint density at radius 2 is 1.76 bits per heavy atom. The third kappa shape index (κ3) is 5.22. The van der Waals surface area contributed by atoms with E-state index < -0.39 is 40.2 Å². The monoisotopic (exact) mass is 456 g/mol. The van der Waals surface area contributed by atoms with Crippen LogP contribution in [0.2, 0.25) is 0 Å². The average Bonchev–Trinajstić information content (AvgIpc) is 3.03. The molecule has 0 aromatic heterocycles. The summed E-state index contributed by atoms with van der Waals surface area (Å²) in [4.78, 5) is 48.3. The lowest BCUT2D eigenvalue weighted by atomic mass is 9.95. The minimum Gasteiger partial charge on any atom is -0.507 e. The SMILES string of the molecule is O=C(O)CCCCCN1C(=O)C(=O)C(=C(O)c2ccc(F)cc2)C1c1cccc([N+](=O)[O-])c1. The molecule has 1 saturated heterocycles. The molecule has 9 nitrogen and oxygen atoms in total. The summed E-state index contributed by atoms with van der Waals surface area (Å²) < 4.78 is 13.3. The van der Waals surface area contributed by atoms with Gasteiger partial charge < -0.3 is 15.1 Å². The number of rotatable bonds is 9. The molecule has 10 heteroatoms. The molecule has 0 radical (unpaired) electrons. The molecule has 1 aliphatic rings. The normalized spacial score (nSPS) is 17.4. The van der Waals surface area contributed by atoms with E-state index in [1.165, 1.54) is 41.3 Å². The lowest BCUT2D eigenvalue weighted by Gasteiger charge is -2.25. The molecule has 2 aromatic rings. The number of nitrogens with zero attached hydrogens (tertiary/aromatic N) is 2. The van der Waals surface area contributed by atoms with E-state index in [1.807, 2.05) is 0 Å². The predicted octanol–water partition coefficient (Wildman–Crippen LogP) is 3.80. The topological polar surface area (TPSA) is 138 Å². The van der Waals surface area contributed by atoms with Crippen molar-refractivity contribution >= 4 is 29.1 Å². The van der Waals surface area contributed by atoms with E-state index in [2.05, 4.69) is 0 Å². The first-order chi connectivity index (χ1) is 15.7. The van der Waals surface area contributed by atoms with Crippen molar-refractivity contribution in [2.75, 3.05) is 6.54 Å². The average molecular weight is 456 g/mol. The van der Waals surface area contributed by atoms with Crippen LogP contribution in [0.1, 0.15) is 42.9 Å². The summed E-state index contributed by atoms with van der Waals surface area (Å²) >= 11 is 0. The molecular weight excluding hydrogens is 435 g/mol. The van der Waals surface area contributed by atoms with Crippen molar-refractivity contribution in [3.63, 3.8) is 0 Å². The van der Waals surface area contributed by atoms with Crippen molar-refractivity contribution in [1.82, 2.24) is 4.90 Å². The fourth-order valence-corrected chi connectivity index (χ4v) is 3.76. The number of amides is 1. The summed E-state index contributed by atoms with van der Waals surface area (Å²) in [7, 11) is 0. The second-order valence-electron chi connectivity index (χ2n) is 7.56. The lowest BCUT2D eigenvalue weighted by Crippen LogP contribution is -2.30. The molecule has 2 aromatic carbocycles. The molecule has 1 unspecified atom stereocenters. The molecule has 0 saturated carbocycles. The van der Waals surface area contributed by atoms with E-state index in [0.29, 0.717) is 19.3 Å². The Balaban J connectivity index is 2.02. The Hall–Kier alpha value is -4.08. The highest BCUT2D eigenvalue weighted by Gasteiger charge is 2.46. The number of hydrogen-bond donors (Lipinski definition) is 2. The van der Waals surface area contributed by atoms with E-state index in [4.69, 9.17) is 5.11 Å². The van der Waals surface area contributed by atoms with Crippen molar-refractivity contribution < 1.29 is 33.9 Å². The second-order valence-corrected chi connectivity index (χ2v) is 7.56. The first-order valence-electron chi connectivity index (χ1n) is 10.2. The van der Waals surface area contributed by atoms with Crippen LogP contribution in [0, 0.1) is 15.9 Å². The number of hydrogen-bond acceptors (Lipinski definition) is 6. The molecule has 1 amide bonds. The minimum absolute atomic E-state index is 0.0301. The minimum atomic E-state index is -1.09. The molecule has 0 spiro atoms. The highest BCUT2D eigenvalue weighted by molar-refractivity contribution is 6.46.